The zero-order chi connectivity index (χ0) is 16.4. The second-order valence-corrected chi connectivity index (χ2v) is 5.12. The van der Waals surface area contributed by atoms with E-state index in [0.717, 1.165) is 29.0 Å². The standard InChI is InChI=1S/C17H12F4N2/c18-14-7-3-12(4-8-14)15-10-22-16(23-15)9-11-1-5-13(6-2-11)17(19,20)21/h1-8,10H,9H2,(H,22,23). The molecule has 0 atom stereocenters. The van der Waals surface area contributed by atoms with E-state index < -0.39 is 11.7 Å². The summed E-state index contributed by atoms with van der Waals surface area (Å²) < 4.78 is 50.5. The number of halogens is 4. The average Bonchev–Trinajstić information content (AvgIpc) is 2.96. The maximum absolute atomic E-state index is 12.9. The Morgan fingerprint density at radius 3 is 2.17 bits per heavy atom. The predicted molar refractivity (Wildman–Crippen MR) is 78.2 cm³/mol. The molecule has 3 rings (SSSR count). The van der Waals surface area contributed by atoms with E-state index in [1.807, 2.05) is 0 Å². The van der Waals surface area contributed by atoms with E-state index in [1.165, 1.54) is 24.3 Å². The van der Waals surface area contributed by atoms with Crippen LogP contribution in [0.25, 0.3) is 11.3 Å². The molecular weight excluding hydrogens is 308 g/mol. The summed E-state index contributed by atoms with van der Waals surface area (Å²) in [6.45, 7) is 0. The smallest absolute Gasteiger partial charge is 0.342 e. The fourth-order valence-electron chi connectivity index (χ4n) is 2.23. The molecule has 2 nitrogen and oxygen atoms in total. The lowest BCUT2D eigenvalue weighted by Gasteiger charge is -2.06. The van der Waals surface area contributed by atoms with Gasteiger partial charge >= 0.3 is 6.18 Å². The second kappa shape index (κ2) is 5.87. The summed E-state index contributed by atoms with van der Waals surface area (Å²) in [5, 5.41) is 0. The first-order valence-electron chi connectivity index (χ1n) is 6.88. The van der Waals surface area contributed by atoms with E-state index in [2.05, 4.69) is 9.97 Å². The van der Waals surface area contributed by atoms with Gasteiger partial charge in [-0.2, -0.15) is 13.2 Å². The molecule has 2 aromatic carbocycles. The monoisotopic (exact) mass is 320 g/mol. The zero-order valence-electron chi connectivity index (χ0n) is 11.9. The van der Waals surface area contributed by atoms with Crippen molar-refractivity contribution in [3.8, 4) is 11.3 Å². The number of hydrogen-bond donors (Lipinski definition) is 1. The van der Waals surface area contributed by atoms with E-state index in [0.29, 0.717) is 12.2 Å². The molecule has 0 saturated heterocycles. The van der Waals surface area contributed by atoms with Gasteiger partial charge in [0.1, 0.15) is 11.6 Å². The Labute approximate surface area is 129 Å². The normalized spacial score (nSPS) is 11.7. The summed E-state index contributed by atoms with van der Waals surface area (Å²) in [6.07, 6.45) is -2.33. The molecule has 3 aromatic rings. The third-order valence-corrected chi connectivity index (χ3v) is 3.44. The van der Waals surface area contributed by atoms with Gasteiger partial charge in [0.15, 0.2) is 0 Å². The van der Waals surface area contributed by atoms with Crippen molar-refractivity contribution in [1.82, 2.24) is 9.97 Å². The number of hydrogen-bond acceptors (Lipinski definition) is 1. The number of aromatic amines is 1. The molecule has 0 spiro atoms. The van der Waals surface area contributed by atoms with Crippen LogP contribution in [-0.2, 0) is 12.6 Å². The fraction of sp³-hybridized carbons (Fsp3) is 0.118. The van der Waals surface area contributed by atoms with Crippen LogP contribution in [0.1, 0.15) is 17.0 Å². The molecule has 23 heavy (non-hydrogen) atoms. The Morgan fingerprint density at radius 1 is 0.913 bits per heavy atom. The molecule has 0 radical (unpaired) electrons. The Bertz CT molecular complexity index is 787. The van der Waals surface area contributed by atoms with Gasteiger partial charge in [-0.3, -0.25) is 0 Å². The molecule has 0 amide bonds. The first-order valence-corrected chi connectivity index (χ1v) is 6.88. The highest BCUT2D eigenvalue weighted by molar-refractivity contribution is 5.58. The molecule has 0 aliphatic rings. The van der Waals surface area contributed by atoms with Gasteiger partial charge in [0.2, 0.25) is 0 Å². The van der Waals surface area contributed by atoms with Crippen LogP contribution in [0.3, 0.4) is 0 Å². The van der Waals surface area contributed by atoms with Crippen LogP contribution in [0.2, 0.25) is 0 Å². The summed E-state index contributed by atoms with van der Waals surface area (Å²) in [7, 11) is 0. The van der Waals surface area contributed by atoms with Crippen LogP contribution in [0.15, 0.2) is 54.7 Å². The first kappa shape index (κ1) is 15.3. The molecule has 1 N–H and O–H groups in total. The van der Waals surface area contributed by atoms with Crippen LogP contribution in [0, 0.1) is 5.82 Å². The van der Waals surface area contributed by atoms with E-state index in [-0.39, 0.29) is 5.82 Å². The van der Waals surface area contributed by atoms with Crippen molar-refractivity contribution in [2.75, 3.05) is 0 Å². The maximum atomic E-state index is 12.9. The summed E-state index contributed by atoms with van der Waals surface area (Å²) in [6, 6.07) is 10.9. The minimum absolute atomic E-state index is 0.321. The lowest BCUT2D eigenvalue weighted by molar-refractivity contribution is -0.137. The van der Waals surface area contributed by atoms with Crippen LogP contribution < -0.4 is 0 Å². The number of benzene rings is 2. The summed E-state index contributed by atoms with van der Waals surface area (Å²) in [5.41, 5.74) is 1.56. The first-order chi connectivity index (χ1) is 10.9. The number of aromatic nitrogens is 2. The van der Waals surface area contributed by atoms with Gasteiger partial charge in [-0.1, -0.05) is 12.1 Å². The number of alkyl halides is 3. The van der Waals surface area contributed by atoms with E-state index in [4.69, 9.17) is 0 Å². The van der Waals surface area contributed by atoms with Gasteiger partial charge in [-0.05, 0) is 47.5 Å². The second-order valence-electron chi connectivity index (χ2n) is 5.12. The number of H-pyrrole nitrogens is 1. The largest absolute Gasteiger partial charge is 0.416 e. The van der Waals surface area contributed by atoms with Crippen LogP contribution >= 0.6 is 0 Å². The summed E-state index contributed by atoms with van der Waals surface area (Å²) in [4.78, 5) is 7.30. The quantitative estimate of drug-likeness (QED) is 0.688. The van der Waals surface area contributed by atoms with Crippen molar-refractivity contribution in [2.24, 2.45) is 0 Å². The molecule has 118 valence electrons. The number of nitrogens with zero attached hydrogens (tertiary/aromatic N) is 1. The molecule has 0 aliphatic carbocycles. The molecule has 0 unspecified atom stereocenters. The van der Waals surface area contributed by atoms with Gasteiger partial charge in [-0.15, -0.1) is 0 Å². The minimum Gasteiger partial charge on any atom is -0.342 e. The Hall–Kier alpha value is -2.63. The number of rotatable bonds is 3. The van der Waals surface area contributed by atoms with Gasteiger partial charge in [0.25, 0.3) is 0 Å². The zero-order valence-corrected chi connectivity index (χ0v) is 11.9. The van der Waals surface area contributed by atoms with Crippen molar-refractivity contribution in [2.45, 2.75) is 12.6 Å². The van der Waals surface area contributed by atoms with Crippen LogP contribution in [0.5, 0.6) is 0 Å². The summed E-state index contributed by atoms with van der Waals surface area (Å²) >= 11 is 0. The topological polar surface area (TPSA) is 28.7 Å². The van der Waals surface area contributed by atoms with Gasteiger partial charge in [0, 0.05) is 6.42 Å². The molecule has 0 fully saturated rings. The van der Waals surface area contributed by atoms with E-state index in [9.17, 15) is 17.6 Å². The Kier molecular flexibility index (Phi) is 3.90. The van der Waals surface area contributed by atoms with Gasteiger partial charge < -0.3 is 4.98 Å². The van der Waals surface area contributed by atoms with E-state index in [1.54, 1.807) is 18.3 Å². The SMILES string of the molecule is Fc1ccc(-c2cnc(Cc3ccc(C(F)(F)F)cc3)[nH]2)cc1. The summed E-state index contributed by atoms with van der Waals surface area (Å²) in [5.74, 6) is 0.308. The fourth-order valence-corrected chi connectivity index (χ4v) is 2.23. The maximum Gasteiger partial charge on any atom is 0.416 e. The third-order valence-electron chi connectivity index (χ3n) is 3.44. The highest BCUT2D eigenvalue weighted by Gasteiger charge is 2.29. The van der Waals surface area contributed by atoms with Crippen LogP contribution in [-0.4, -0.2) is 9.97 Å². The van der Waals surface area contributed by atoms with Crippen molar-refractivity contribution in [3.05, 3.63) is 77.5 Å². The Balaban J connectivity index is 1.75. The van der Waals surface area contributed by atoms with Crippen molar-refractivity contribution < 1.29 is 17.6 Å². The van der Waals surface area contributed by atoms with Crippen molar-refractivity contribution in [1.29, 1.82) is 0 Å². The van der Waals surface area contributed by atoms with Gasteiger partial charge in [0.05, 0.1) is 17.5 Å². The highest BCUT2D eigenvalue weighted by atomic mass is 19.4. The lowest BCUT2D eigenvalue weighted by atomic mass is 10.1. The van der Waals surface area contributed by atoms with Crippen LogP contribution in [0.4, 0.5) is 17.6 Å². The van der Waals surface area contributed by atoms with Crippen molar-refractivity contribution in [3.63, 3.8) is 0 Å². The minimum atomic E-state index is -4.33. The molecule has 1 aromatic heterocycles. The van der Waals surface area contributed by atoms with E-state index >= 15 is 0 Å². The average molecular weight is 320 g/mol. The molecule has 0 aliphatic heterocycles. The molecule has 6 heteroatoms. The molecule has 0 saturated carbocycles. The van der Waals surface area contributed by atoms with Crippen molar-refractivity contribution >= 4 is 0 Å². The Morgan fingerprint density at radius 2 is 1.57 bits per heavy atom. The molecule has 0 bridgehead atoms. The number of imidazole rings is 1. The van der Waals surface area contributed by atoms with Gasteiger partial charge in [-0.25, -0.2) is 9.37 Å². The lowest BCUT2D eigenvalue weighted by Crippen LogP contribution is -2.04. The number of nitrogens with one attached hydrogen (secondary N) is 1. The molecule has 1 heterocycles. The molecular formula is C17H12F4N2. The third kappa shape index (κ3) is 3.59. The predicted octanol–water partition coefficient (Wildman–Crippen LogP) is 4.83. The highest BCUT2D eigenvalue weighted by Crippen LogP contribution is 2.29.